The van der Waals surface area contributed by atoms with E-state index in [1.165, 1.54) is 29.1 Å². The smallest absolute Gasteiger partial charge is 0.338 e. The molecule has 0 fully saturated rings. The van der Waals surface area contributed by atoms with E-state index in [2.05, 4.69) is 4.99 Å². The number of benzene rings is 1. The van der Waals surface area contributed by atoms with E-state index in [1.54, 1.807) is 56.3 Å². The molecule has 0 unspecified atom stereocenters. The topological polar surface area (TPSA) is 100 Å². The lowest BCUT2D eigenvalue weighted by Crippen LogP contribution is -2.39. The van der Waals surface area contributed by atoms with E-state index in [9.17, 15) is 14.4 Å². The van der Waals surface area contributed by atoms with Crippen LogP contribution in [0.25, 0.3) is 6.08 Å². The summed E-state index contributed by atoms with van der Waals surface area (Å²) in [5, 5.41) is 0. The lowest BCUT2D eigenvalue weighted by Gasteiger charge is -2.24. The Morgan fingerprint density at radius 1 is 1.25 bits per heavy atom. The maximum Gasteiger partial charge on any atom is 0.338 e. The van der Waals surface area contributed by atoms with E-state index in [-0.39, 0.29) is 17.7 Å². The highest BCUT2D eigenvalue weighted by molar-refractivity contribution is 7.07. The van der Waals surface area contributed by atoms with Gasteiger partial charge in [0.25, 0.3) is 5.56 Å². The number of rotatable bonds is 5. The summed E-state index contributed by atoms with van der Waals surface area (Å²) in [6, 6.07) is 9.41. The summed E-state index contributed by atoms with van der Waals surface area (Å²) in [5.74, 6) is -0.0708. The van der Waals surface area contributed by atoms with E-state index in [0.29, 0.717) is 32.1 Å². The molecule has 1 aliphatic heterocycles. The molecule has 0 N–H and O–H groups in total. The number of ether oxygens (including phenoxy) is 2. The third kappa shape index (κ3) is 4.06. The van der Waals surface area contributed by atoms with E-state index >= 15 is 0 Å². The predicted molar refractivity (Wildman–Crippen MR) is 117 cm³/mol. The maximum absolute atomic E-state index is 13.4. The lowest BCUT2D eigenvalue weighted by molar-refractivity contribution is -0.139. The zero-order valence-electron chi connectivity index (χ0n) is 17.7. The van der Waals surface area contributed by atoms with Gasteiger partial charge < -0.3 is 13.9 Å². The van der Waals surface area contributed by atoms with Gasteiger partial charge >= 0.3 is 11.9 Å². The van der Waals surface area contributed by atoms with Crippen molar-refractivity contribution in [3.63, 3.8) is 0 Å². The van der Waals surface area contributed by atoms with Crippen molar-refractivity contribution in [1.29, 1.82) is 0 Å². The molecule has 32 heavy (non-hydrogen) atoms. The molecular formula is C23H20N2O6S. The van der Waals surface area contributed by atoms with Crippen molar-refractivity contribution in [3.8, 4) is 5.75 Å². The molecule has 0 radical (unpaired) electrons. The van der Waals surface area contributed by atoms with Crippen LogP contribution < -0.4 is 19.6 Å². The minimum absolute atomic E-state index is 0.191. The number of esters is 2. The van der Waals surface area contributed by atoms with Crippen LogP contribution in [0, 0.1) is 0 Å². The first kappa shape index (κ1) is 21.5. The number of allylic oxidation sites excluding steroid dienone is 1. The van der Waals surface area contributed by atoms with Crippen LogP contribution in [0.5, 0.6) is 5.75 Å². The van der Waals surface area contributed by atoms with E-state index in [1.807, 2.05) is 0 Å². The molecule has 0 spiro atoms. The molecule has 3 aromatic rings. The Morgan fingerprint density at radius 3 is 2.62 bits per heavy atom. The quantitative estimate of drug-likeness (QED) is 0.435. The van der Waals surface area contributed by atoms with Gasteiger partial charge in [-0.2, -0.15) is 0 Å². The molecule has 3 heterocycles. The summed E-state index contributed by atoms with van der Waals surface area (Å²) < 4.78 is 17.6. The summed E-state index contributed by atoms with van der Waals surface area (Å²) >= 11 is 1.21. The fourth-order valence-corrected chi connectivity index (χ4v) is 4.52. The maximum atomic E-state index is 13.4. The average Bonchev–Trinajstić information content (AvgIpc) is 3.36. The number of thiazole rings is 1. The Kier molecular flexibility index (Phi) is 5.91. The SMILES string of the molecule is CCOC(=O)C1=C(C)N=c2s/c(=C\c3ccco3)c(=O)n2[C@@H]1c1ccc(OC(C)=O)cc1. The third-order valence-corrected chi connectivity index (χ3v) is 5.77. The normalized spacial score (nSPS) is 15.8. The number of hydrogen-bond acceptors (Lipinski definition) is 8. The highest BCUT2D eigenvalue weighted by Crippen LogP contribution is 2.31. The van der Waals surface area contributed by atoms with Crippen LogP contribution in [-0.2, 0) is 14.3 Å². The molecule has 8 nitrogen and oxygen atoms in total. The Morgan fingerprint density at radius 2 is 2.00 bits per heavy atom. The Balaban J connectivity index is 1.90. The average molecular weight is 452 g/mol. The van der Waals surface area contributed by atoms with Gasteiger partial charge in [-0.3, -0.25) is 14.2 Å². The van der Waals surface area contributed by atoms with Gasteiger partial charge in [0.2, 0.25) is 0 Å². The van der Waals surface area contributed by atoms with Crippen molar-refractivity contribution in [3.05, 3.63) is 84.9 Å². The highest BCUT2D eigenvalue weighted by Gasteiger charge is 2.33. The molecule has 1 aromatic carbocycles. The van der Waals surface area contributed by atoms with Crippen molar-refractivity contribution in [2.24, 2.45) is 4.99 Å². The monoisotopic (exact) mass is 452 g/mol. The minimum atomic E-state index is -0.740. The first-order valence-corrected chi connectivity index (χ1v) is 10.7. The van der Waals surface area contributed by atoms with Crippen molar-refractivity contribution in [2.75, 3.05) is 6.61 Å². The Hall–Kier alpha value is -3.72. The fraction of sp³-hybridized carbons (Fsp3) is 0.217. The molecular weight excluding hydrogens is 432 g/mol. The Labute approximate surface area is 186 Å². The van der Waals surface area contributed by atoms with Gasteiger partial charge in [0.05, 0.1) is 34.7 Å². The van der Waals surface area contributed by atoms with E-state index in [0.717, 1.165) is 0 Å². The number of nitrogens with zero attached hydrogens (tertiary/aromatic N) is 2. The number of fused-ring (bicyclic) bond motifs is 1. The van der Waals surface area contributed by atoms with Gasteiger partial charge in [-0.1, -0.05) is 23.5 Å². The van der Waals surface area contributed by atoms with Gasteiger partial charge in [-0.25, -0.2) is 9.79 Å². The van der Waals surface area contributed by atoms with Crippen LogP contribution in [0.4, 0.5) is 0 Å². The van der Waals surface area contributed by atoms with Crippen LogP contribution >= 0.6 is 11.3 Å². The predicted octanol–water partition coefficient (Wildman–Crippen LogP) is 2.32. The van der Waals surface area contributed by atoms with E-state index < -0.39 is 18.0 Å². The molecule has 1 atom stereocenters. The van der Waals surface area contributed by atoms with Crippen LogP contribution in [0.2, 0.25) is 0 Å². The molecule has 1 aliphatic rings. The van der Waals surface area contributed by atoms with Crippen molar-refractivity contribution < 1.29 is 23.5 Å². The summed E-state index contributed by atoms with van der Waals surface area (Å²) in [7, 11) is 0. The Bertz CT molecular complexity index is 1380. The second-order valence-electron chi connectivity index (χ2n) is 6.98. The standard InChI is InChI=1S/C23H20N2O6S/c1-4-29-22(28)19-13(2)24-23-25(21(27)18(32-23)12-17-6-5-11-30-17)20(19)15-7-9-16(10-8-15)31-14(3)26/h5-12,20H,4H2,1-3H3/b18-12-/t20-/m1/s1. The molecule has 0 saturated carbocycles. The number of furan rings is 1. The third-order valence-electron chi connectivity index (χ3n) is 4.79. The lowest BCUT2D eigenvalue weighted by atomic mass is 9.96. The molecule has 4 rings (SSSR count). The molecule has 0 amide bonds. The summed E-state index contributed by atoms with van der Waals surface area (Å²) in [4.78, 5) is 42.4. The second-order valence-corrected chi connectivity index (χ2v) is 7.99. The number of carbonyl (C=O) groups is 2. The van der Waals surface area contributed by atoms with Crippen LogP contribution in [-0.4, -0.2) is 23.1 Å². The highest BCUT2D eigenvalue weighted by atomic mass is 32.1. The van der Waals surface area contributed by atoms with Gasteiger partial charge in [0.15, 0.2) is 4.80 Å². The molecule has 9 heteroatoms. The van der Waals surface area contributed by atoms with E-state index in [4.69, 9.17) is 13.9 Å². The molecule has 0 aliphatic carbocycles. The summed E-state index contributed by atoms with van der Waals surface area (Å²) in [6.45, 7) is 4.94. The molecule has 164 valence electrons. The first-order chi connectivity index (χ1) is 15.4. The van der Waals surface area contributed by atoms with Crippen molar-refractivity contribution in [2.45, 2.75) is 26.8 Å². The number of aromatic nitrogens is 1. The molecule has 0 bridgehead atoms. The van der Waals surface area contributed by atoms with Crippen molar-refractivity contribution >= 4 is 29.4 Å². The zero-order chi connectivity index (χ0) is 22.8. The summed E-state index contributed by atoms with van der Waals surface area (Å²) in [6.07, 6.45) is 3.17. The van der Waals surface area contributed by atoms with Crippen LogP contribution in [0.15, 0.2) is 68.1 Å². The van der Waals surface area contributed by atoms with Gasteiger partial charge in [0, 0.05) is 13.0 Å². The number of hydrogen-bond donors (Lipinski definition) is 0. The first-order valence-electron chi connectivity index (χ1n) is 9.90. The van der Waals surface area contributed by atoms with Crippen LogP contribution in [0.1, 0.15) is 38.1 Å². The zero-order valence-corrected chi connectivity index (χ0v) is 18.5. The van der Waals surface area contributed by atoms with Gasteiger partial charge in [-0.15, -0.1) is 0 Å². The number of carbonyl (C=O) groups excluding carboxylic acids is 2. The minimum Gasteiger partial charge on any atom is -0.465 e. The summed E-state index contributed by atoms with van der Waals surface area (Å²) in [5.41, 5.74) is 1.12. The fourth-order valence-electron chi connectivity index (χ4n) is 3.49. The second kappa shape index (κ2) is 8.80. The molecule has 0 saturated heterocycles. The van der Waals surface area contributed by atoms with Crippen molar-refractivity contribution in [1.82, 2.24) is 4.57 Å². The largest absolute Gasteiger partial charge is 0.465 e. The molecule has 2 aromatic heterocycles. The van der Waals surface area contributed by atoms with Crippen LogP contribution in [0.3, 0.4) is 0 Å². The van der Waals surface area contributed by atoms with Gasteiger partial charge in [-0.05, 0) is 43.7 Å². The van der Waals surface area contributed by atoms with Gasteiger partial charge in [0.1, 0.15) is 11.5 Å².